The summed E-state index contributed by atoms with van der Waals surface area (Å²) in [6.45, 7) is 7.25. The Hall–Kier alpha value is -2.72. The standard InChI is InChI=1S/C16H18BF3N4O3/c1-9(17-24-27-15(2,3)4)21-13(25)11-7-5-10(6-8-11)12-22-14(26-23-12)16(18,19)20/h5-9H,1-4H3,(H,21,25). The fourth-order valence-electron chi connectivity index (χ4n) is 1.83. The molecule has 1 aromatic heterocycles. The van der Waals surface area contributed by atoms with Crippen LogP contribution in [-0.4, -0.2) is 34.7 Å². The SMILES string of the molecule is CC(B=NOC(C)(C)C)NC(=O)c1ccc(-c2noc(C(F)(F)F)n2)cc1. The van der Waals surface area contributed by atoms with E-state index in [9.17, 15) is 18.0 Å². The minimum atomic E-state index is -4.71. The van der Waals surface area contributed by atoms with Crippen molar-refractivity contribution < 1.29 is 27.3 Å². The molecular weight excluding hydrogens is 364 g/mol. The van der Waals surface area contributed by atoms with Gasteiger partial charge in [0.25, 0.3) is 0 Å². The summed E-state index contributed by atoms with van der Waals surface area (Å²) in [6, 6.07) is 5.76. The van der Waals surface area contributed by atoms with Crippen LogP contribution in [0.4, 0.5) is 13.2 Å². The first-order valence-corrected chi connectivity index (χ1v) is 7.99. The Labute approximate surface area is 154 Å². The molecule has 1 heterocycles. The van der Waals surface area contributed by atoms with Crippen LogP contribution in [0.2, 0.25) is 0 Å². The Bertz CT molecular complexity index is 814. The zero-order chi connectivity index (χ0) is 20.2. The van der Waals surface area contributed by atoms with Crippen molar-refractivity contribution in [2.75, 3.05) is 0 Å². The maximum absolute atomic E-state index is 12.5. The van der Waals surface area contributed by atoms with Crippen LogP contribution in [0.3, 0.4) is 0 Å². The third-order valence-corrected chi connectivity index (χ3v) is 3.04. The molecule has 0 saturated carbocycles. The molecule has 0 saturated heterocycles. The van der Waals surface area contributed by atoms with Crippen molar-refractivity contribution in [3.63, 3.8) is 0 Å². The van der Waals surface area contributed by atoms with Gasteiger partial charge in [-0.15, -0.1) is 0 Å². The van der Waals surface area contributed by atoms with E-state index in [1.807, 2.05) is 20.8 Å². The summed E-state index contributed by atoms with van der Waals surface area (Å²) in [6.07, 6.45) is -4.71. The topological polar surface area (TPSA) is 89.6 Å². The van der Waals surface area contributed by atoms with Crippen molar-refractivity contribution in [1.82, 2.24) is 15.5 Å². The van der Waals surface area contributed by atoms with E-state index in [2.05, 4.69) is 25.0 Å². The zero-order valence-electron chi connectivity index (χ0n) is 15.2. The van der Waals surface area contributed by atoms with Crippen molar-refractivity contribution >= 4 is 13.0 Å². The molecule has 0 aliphatic heterocycles. The molecule has 1 amide bonds. The average Bonchev–Trinajstić information content (AvgIpc) is 3.04. The van der Waals surface area contributed by atoms with Gasteiger partial charge >= 0.3 is 153 Å². The molecule has 0 aliphatic rings. The van der Waals surface area contributed by atoms with Gasteiger partial charge in [-0.2, -0.15) is 0 Å². The summed E-state index contributed by atoms with van der Waals surface area (Å²) in [5, 5.41) is 9.80. The molecule has 0 spiro atoms. The second kappa shape index (κ2) is 7.89. The molecule has 7 nitrogen and oxygen atoms in total. The first-order valence-electron chi connectivity index (χ1n) is 7.99. The number of nitrogens with one attached hydrogen (secondary N) is 1. The fraction of sp³-hybridized carbons (Fsp3) is 0.438. The predicted molar refractivity (Wildman–Crippen MR) is 90.7 cm³/mol. The van der Waals surface area contributed by atoms with Crippen molar-refractivity contribution in [1.29, 1.82) is 0 Å². The van der Waals surface area contributed by atoms with E-state index in [4.69, 9.17) is 4.84 Å². The van der Waals surface area contributed by atoms with E-state index in [1.165, 1.54) is 31.3 Å². The molecule has 1 N–H and O–H groups in total. The second-order valence-corrected chi connectivity index (χ2v) is 6.72. The Morgan fingerprint density at radius 2 is 1.89 bits per heavy atom. The summed E-state index contributed by atoms with van der Waals surface area (Å²) in [5.74, 6) is -2.40. The summed E-state index contributed by atoms with van der Waals surface area (Å²) in [4.78, 5) is 20.7. The molecule has 11 heteroatoms. The van der Waals surface area contributed by atoms with E-state index >= 15 is 0 Å². The van der Waals surface area contributed by atoms with Gasteiger partial charge in [0.15, 0.2) is 0 Å². The predicted octanol–water partition coefficient (Wildman–Crippen LogP) is 3.45. The number of carbonyl (C=O) groups is 1. The van der Waals surface area contributed by atoms with Crippen LogP contribution in [0.15, 0.2) is 33.8 Å². The van der Waals surface area contributed by atoms with Gasteiger partial charge in [0.05, 0.1) is 0 Å². The zero-order valence-corrected chi connectivity index (χ0v) is 15.2. The Balaban J connectivity index is 2.00. The van der Waals surface area contributed by atoms with Gasteiger partial charge in [0.2, 0.25) is 0 Å². The number of amides is 1. The van der Waals surface area contributed by atoms with Crippen molar-refractivity contribution in [2.24, 2.45) is 5.06 Å². The molecule has 2 aromatic rings. The molecule has 0 radical (unpaired) electrons. The second-order valence-electron chi connectivity index (χ2n) is 6.72. The van der Waals surface area contributed by atoms with E-state index in [1.54, 1.807) is 6.92 Å². The molecule has 0 aliphatic carbocycles. The fourth-order valence-corrected chi connectivity index (χ4v) is 1.83. The summed E-state index contributed by atoms with van der Waals surface area (Å²) >= 11 is 0. The molecule has 1 atom stereocenters. The molecular formula is C16H18BF3N4O3. The molecule has 0 fully saturated rings. The van der Waals surface area contributed by atoms with E-state index in [-0.39, 0.29) is 17.7 Å². The van der Waals surface area contributed by atoms with Crippen molar-refractivity contribution in [3.8, 4) is 11.4 Å². The number of alkyl halides is 3. The van der Waals surface area contributed by atoms with Gasteiger partial charge in [0, 0.05) is 0 Å². The molecule has 2 rings (SSSR count). The first-order chi connectivity index (χ1) is 12.5. The van der Waals surface area contributed by atoms with Crippen LogP contribution >= 0.6 is 0 Å². The third-order valence-electron chi connectivity index (χ3n) is 3.04. The number of hydrogen-bond acceptors (Lipinski definition) is 6. The average molecular weight is 382 g/mol. The van der Waals surface area contributed by atoms with Gasteiger partial charge in [0.1, 0.15) is 0 Å². The number of benzene rings is 1. The van der Waals surface area contributed by atoms with Gasteiger partial charge in [-0.05, 0) is 0 Å². The Morgan fingerprint density at radius 1 is 1.26 bits per heavy atom. The van der Waals surface area contributed by atoms with Gasteiger partial charge in [-0.25, -0.2) is 0 Å². The van der Waals surface area contributed by atoms with Crippen LogP contribution in [-0.2, 0) is 11.0 Å². The molecule has 1 unspecified atom stereocenters. The third kappa shape index (κ3) is 6.19. The molecule has 144 valence electrons. The van der Waals surface area contributed by atoms with Crippen molar-refractivity contribution in [2.45, 2.75) is 45.4 Å². The minimum absolute atomic E-state index is 0.214. The monoisotopic (exact) mass is 382 g/mol. The molecule has 0 bridgehead atoms. The number of halogens is 3. The number of rotatable bonds is 5. The molecule has 27 heavy (non-hydrogen) atoms. The maximum atomic E-state index is 12.5. The first kappa shape index (κ1) is 20.6. The van der Waals surface area contributed by atoms with Gasteiger partial charge in [-0.1, -0.05) is 0 Å². The Kier molecular flexibility index (Phi) is 6.02. The number of nitrogens with zero attached hydrogens (tertiary/aromatic N) is 3. The van der Waals surface area contributed by atoms with Gasteiger partial charge < -0.3 is 0 Å². The number of hydrogen-bond donors (Lipinski definition) is 1. The normalized spacial score (nSPS) is 13.3. The number of aromatic nitrogens is 2. The Morgan fingerprint density at radius 3 is 2.41 bits per heavy atom. The molecule has 1 aromatic carbocycles. The number of carbonyl (C=O) groups excluding carboxylic acids is 1. The van der Waals surface area contributed by atoms with Crippen molar-refractivity contribution in [3.05, 3.63) is 35.7 Å². The van der Waals surface area contributed by atoms with Gasteiger partial charge in [-0.3, -0.25) is 0 Å². The van der Waals surface area contributed by atoms with Crippen LogP contribution in [0.25, 0.3) is 11.4 Å². The van der Waals surface area contributed by atoms with Crippen LogP contribution in [0, 0.1) is 0 Å². The van der Waals surface area contributed by atoms with E-state index < -0.39 is 17.7 Å². The van der Waals surface area contributed by atoms with E-state index in [0.29, 0.717) is 11.1 Å². The van der Waals surface area contributed by atoms with E-state index in [0.717, 1.165) is 0 Å². The summed E-state index contributed by atoms with van der Waals surface area (Å²) in [7, 11) is 1.45. The summed E-state index contributed by atoms with van der Waals surface area (Å²) < 4.78 is 41.7. The van der Waals surface area contributed by atoms with Crippen LogP contribution in [0.5, 0.6) is 0 Å². The quantitative estimate of drug-likeness (QED) is 0.632. The summed E-state index contributed by atoms with van der Waals surface area (Å²) in [5.41, 5.74) is 0.172. The van der Waals surface area contributed by atoms with Crippen LogP contribution < -0.4 is 5.32 Å². The van der Waals surface area contributed by atoms with Crippen LogP contribution in [0.1, 0.15) is 43.9 Å².